The van der Waals surface area contributed by atoms with E-state index in [9.17, 15) is 108 Å². The highest BCUT2D eigenvalue weighted by Gasteiger charge is 2.39. The van der Waals surface area contributed by atoms with Crippen LogP contribution in [0.25, 0.3) is 0 Å². The number of phenolic OH excluding ortho intramolecular Hbond substituents is 1. The summed E-state index contributed by atoms with van der Waals surface area (Å²) in [6.07, 6.45) is -4.01. The quantitative estimate of drug-likeness (QED) is 0.0164. The molecule has 13 amide bonds. The monoisotopic (exact) mass is 1450 g/mol. The van der Waals surface area contributed by atoms with E-state index in [2.05, 4.69) is 58.2 Å². The van der Waals surface area contributed by atoms with E-state index in [-0.39, 0.29) is 75.7 Å². The first-order valence-electron chi connectivity index (χ1n) is 32.9. The van der Waals surface area contributed by atoms with Crippen molar-refractivity contribution in [1.29, 1.82) is 0 Å². The fraction of sp³-hybridized carbons (Fsp3) is 0.645. The second-order valence-corrected chi connectivity index (χ2v) is 25.0. The Kier molecular flexibility index (Phi) is 40.4. The molecule has 29 N–H and O–H groups in total. The van der Waals surface area contributed by atoms with E-state index >= 15 is 0 Å². The minimum Gasteiger partial charge on any atom is -0.508 e. The summed E-state index contributed by atoms with van der Waals surface area (Å²) in [7, 11) is 0. The first-order chi connectivity index (χ1) is 47.7. The topological polar surface area (TPSA) is 684 Å². The third-order valence-electron chi connectivity index (χ3n) is 15.6. The molecule has 15 atom stereocenters. The fourth-order valence-electron chi connectivity index (χ4n) is 9.47. The normalized spacial score (nSPS) is 15.6. The predicted molar refractivity (Wildman–Crippen MR) is 362 cm³/mol. The Hall–Kier alpha value is -9.90. The van der Waals surface area contributed by atoms with E-state index in [1.54, 1.807) is 41.5 Å². The second kappa shape index (κ2) is 45.8. The van der Waals surface area contributed by atoms with Gasteiger partial charge in [-0.2, -0.15) is 0 Å². The molecule has 574 valence electrons. The lowest BCUT2D eigenvalue weighted by atomic mass is 9.97. The molecule has 0 fully saturated rings. The lowest BCUT2D eigenvalue weighted by molar-refractivity contribution is -0.144. The lowest BCUT2D eigenvalue weighted by Crippen LogP contribution is -2.62. The van der Waals surface area contributed by atoms with E-state index in [1.807, 2.05) is 10.6 Å². The van der Waals surface area contributed by atoms with Gasteiger partial charge in [-0.25, -0.2) is 0 Å². The number of nitrogens with one attached hydrogen (secondary N) is 12. The number of aliphatic hydroxyl groups is 4. The molecule has 0 aliphatic carbocycles. The van der Waals surface area contributed by atoms with Crippen molar-refractivity contribution in [2.24, 2.45) is 51.4 Å². The van der Waals surface area contributed by atoms with Crippen LogP contribution in [0.4, 0.5) is 0 Å². The summed E-state index contributed by atoms with van der Waals surface area (Å²) in [6, 6.07) is -16.1. The summed E-state index contributed by atoms with van der Waals surface area (Å²) in [5.74, 6) is -20.0. The number of amides is 13. The van der Waals surface area contributed by atoms with Crippen molar-refractivity contribution in [2.75, 3.05) is 32.9 Å². The first-order valence-corrected chi connectivity index (χ1v) is 32.9. The molecule has 102 heavy (non-hydrogen) atoms. The molecular formula is C62H104N18O22. The number of aliphatic carboxylic acids is 2. The van der Waals surface area contributed by atoms with Crippen LogP contribution in [0.3, 0.4) is 0 Å². The van der Waals surface area contributed by atoms with Gasteiger partial charge in [-0.1, -0.05) is 60.1 Å². The van der Waals surface area contributed by atoms with E-state index in [0.717, 1.165) is 0 Å². The molecule has 1 aromatic carbocycles. The van der Waals surface area contributed by atoms with E-state index in [0.29, 0.717) is 5.56 Å². The zero-order valence-corrected chi connectivity index (χ0v) is 58.3. The molecule has 0 aliphatic heterocycles. The van der Waals surface area contributed by atoms with Gasteiger partial charge in [0.25, 0.3) is 0 Å². The summed E-state index contributed by atoms with van der Waals surface area (Å²) in [4.78, 5) is 205. The van der Waals surface area contributed by atoms with Crippen molar-refractivity contribution in [2.45, 2.75) is 204 Å². The van der Waals surface area contributed by atoms with Crippen molar-refractivity contribution in [3.05, 3.63) is 29.8 Å². The number of hydrogen-bond acceptors (Lipinski definition) is 23. The smallest absolute Gasteiger partial charge is 0.305 e. The highest BCUT2D eigenvalue weighted by atomic mass is 16.4. The summed E-state index contributed by atoms with van der Waals surface area (Å²) in [5.41, 5.74) is 28.3. The van der Waals surface area contributed by atoms with Gasteiger partial charge < -0.3 is 128 Å². The average Bonchev–Trinajstić information content (AvgIpc) is 0.853. The minimum absolute atomic E-state index is 0.0784. The van der Waals surface area contributed by atoms with Crippen molar-refractivity contribution in [3.63, 3.8) is 0 Å². The molecule has 1 aromatic rings. The molecule has 0 radical (unpaired) electrons. The van der Waals surface area contributed by atoms with Crippen LogP contribution in [0.5, 0.6) is 5.75 Å². The Morgan fingerprint density at radius 2 is 0.843 bits per heavy atom. The number of carbonyl (C=O) groups excluding carboxylic acids is 13. The molecule has 0 bridgehead atoms. The van der Waals surface area contributed by atoms with Gasteiger partial charge in [0.15, 0.2) is 5.96 Å². The number of carboxylic acids is 2. The molecule has 0 unspecified atom stereocenters. The molecule has 40 heteroatoms. The number of guanidine groups is 1. The van der Waals surface area contributed by atoms with E-state index in [1.165, 1.54) is 38.1 Å². The Balaban J connectivity index is 3.44. The summed E-state index contributed by atoms with van der Waals surface area (Å²) in [5, 5.41) is 97.7. The number of aliphatic hydroxyl groups excluding tert-OH is 4. The lowest BCUT2D eigenvalue weighted by Gasteiger charge is -2.28. The van der Waals surface area contributed by atoms with Crippen molar-refractivity contribution in [1.82, 2.24) is 63.8 Å². The van der Waals surface area contributed by atoms with E-state index < -0.39 is 224 Å². The summed E-state index contributed by atoms with van der Waals surface area (Å²) < 4.78 is 0. The van der Waals surface area contributed by atoms with Gasteiger partial charge >= 0.3 is 11.9 Å². The van der Waals surface area contributed by atoms with E-state index in [4.69, 9.17) is 28.7 Å². The maximum absolute atomic E-state index is 14.0. The predicted octanol–water partition coefficient (Wildman–Crippen LogP) is -9.18. The number of unbranched alkanes of at least 4 members (excludes halogenated alkanes) is 1. The van der Waals surface area contributed by atoms with Gasteiger partial charge in [0.2, 0.25) is 76.8 Å². The zero-order valence-electron chi connectivity index (χ0n) is 58.3. The van der Waals surface area contributed by atoms with Crippen LogP contribution in [-0.2, 0) is 78.3 Å². The van der Waals surface area contributed by atoms with Crippen LogP contribution >= 0.6 is 0 Å². The number of hydrogen-bond donors (Lipinski definition) is 24. The number of benzene rings is 1. The average molecular weight is 1450 g/mol. The summed E-state index contributed by atoms with van der Waals surface area (Å²) in [6.45, 7) is 8.75. The molecule has 0 aliphatic rings. The molecular weight excluding hydrogens is 1350 g/mol. The highest BCUT2D eigenvalue weighted by molar-refractivity contribution is 6.01. The van der Waals surface area contributed by atoms with Crippen molar-refractivity contribution >= 4 is 94.7 Å². The van der Waals surface area contributed by atoms with Gasteiger partial charge in [-0.05, 0) is 94.4 Å². The standard InChI is InChI=1S/C62H104N18O22/c1-9-30(6)48(80-59(100)46(64)32(8)84)61(102)78-43(27-83)58(99)71-36(14-12-20-68-62(66)67)51(92)73-39(23-44(86)87)54(95)74-40(24-45(88)89)55(96)77-42(26-82)57(98)70-35(13-10-11-19-63)52(93)76-41(25-81)56(97)69-31(7)50(91)79-47(29(4)5)60(101)75-38(22-33-15-17-34(85)18-16-33)53(94)72-37(49(65)90)21-28(2)3/h15-18,28-32,35-43,46-48,81-85H,9-14,19-27,63-64H2,1-8H3,(H2,65,90)(H,69,97)(H,70,98)(H,71,99)(H,72,94)(H,73,92)(H,74,95)(H,75,101)(H,76,93)(H,77,96)(H,78,102)(H,79,91)(H,80,100)(H,86,87)(H,88,89)(H4,66,67,68)/t30-,31-,32+,35-,36-,37-,38-,39-,40-,41-,42-,43-,46-,47-,48-/m0/s1. The van der Waals surface area contributed by atoms with Gasteiger partial charge in [0.1, 0.15) is 84.3 Å². The van der Waals surface area contributed by atoms with Crippen LogP contribution in [0.15, 0.2) is 29.3 Å². The molecule has 1 rings (SSSR count). The molecule has 0 saturated carbocycles. The van der Waals surface area contributed by atoms with Crippen LogP contribution in [-0.4, -0.2) is 248 Å². The maximum Gasteiger partial charge on any atom is 0.305 e. The van der Waals surface area contributed by atoms with Crippen LogP contribution in [0.1, 0.15) is 119 Å². The van der Waals surface area contributed by atoms with Crippen LogP contribution in [0, 0.1) is 17.8 Å². The molecule has 0 spiro atoms. The third kappa shape index (κ3) is 32.6. The van der Waals surface area contributed by atoms with Crippen LogP contribution < -0.4 is 92.5 Å². The fourth-order valence-corrected chi connectivity index (χ4v) is 9.47. The minimum atomic E-state index is -2.24. The Morgan fingerprint density at radius 3 is 1.25 bits per heavy atom. The zero-order chi connectivity index (χ0) is 77.8. The molecule has 0 heterocycles. The SMILES string of the molecule is CC[C@H](C)[C@H](NC(=O)[C@@H](N)[C@@H](C)O)C(=O)N[C@@H](CO)C(=O)N[C@@H](CCCN=C(N)N)C(=O)N[C@@H](CC(=O)O)C(=O)N[C@@H](CC(=O)O)C(=O)N[C@@H](CO)C(=O)N[C@@H](CCCCN)C(=O)N[C@@H](CO)C(=O)N[C@@H](C)C(=O)N[C@H](C(=O)N[C@@H](Cc1ccc(O)cc1)C(=O)N[C@@H](CC(C)C)C(N)=O)C(C)C. The molecule has 40 nitrogen and oxygen atoms in total. The number of aliphatic imine (C=N–C) groups is 1. The third-order valence-corrected chi connectivity index (χ3v) is 15.6. The Morgan fingerprint density at radius 1 is 0.461 bits per heavy atom. The number of rotatable bonds is 48. The number of primary amides is 1. The van der Waals surface area contributed by atoms with Gasteiger partial charge in [-0.15, -0.1) is 0 Å². The number of nitrogens with two attached hydrogens (primary N) is 5. The van der Waals surface area contributed by atoms with Gasteiger partial charge in [-0.3, -0.25) is 76.9 Å². The Labute approximate surface area is 588 Å². The number of nitrogens with zero attached hydrogens (tertiary/aromatic N) is 1. The van der Waals surface area contributed by atoms with Crippen molar-refractivity contribution < 1.29 is 108 Å². The number of aromatic hydroxyl groups is 1. The highest BCUT2D eigenvalue weighted by Crippen LogP contribution is 2.15. The maximum atomic E-state index is 14.0. The number of carbonyl (C=O) groups is 15. The molecule has 0 saturated heterocycles. The largest absolute Gasteiger partial charge is 0.508 e. The number of phenols is 1. The van der Waals surface area contributed by atoms with Crippen molar-refractivity contribution in [3.8, 4) is 5.75 Å². The summed E-state index contributed by atoms with van der Waals surface area (Å²) >= 11 is 0. The molecule has 0 aromatic heterocycles. The Bertz CT molecular complexity index is 3050. The van der Waals surface area contributed by atoms with Gasteiger partial charge in [0, 0.05) is 13.0 Å². The second-order valence-electron chi connectivity index (χ2n) is 25.0. The first kappa shape index (κ1) is 90.1. The van der Waals surface area contributed by atoms with Gasteiger partial charge in [0.05, 0.1) is 38.8 Å². The number of carboxylic acid groups (broad SMARTS) is 2. The van der Waals surface area contributed by atoms with Crippen LogP contribution in [0.2, 0.25) is 0 Å².